The molecular weight excluding hydrogens is 206 g/mol. The van der Waals surface area contributed by atoms with Crippen LogP contribution in [0.2, 0.25) is 0 Å². The normalized spacial score (nSPS) is 15.0. The summed E-state index contributed by atoms with van der Waals surface area (Å²) in [6.07, 6.45) is 1.23. The minimum absolute atomic E-state index is 0.435. The van der Waals surface area contributed by atoms with Crippen molar-refractivity contribution in [1.82, 2.24) is 5.32 Å². The van der Waals surface area contributed by atoms with Crippen molar-refractivity contribution in [2.24, 2.45) is 5.92 Å². The maximum absolute atomic E-state index is 3.69. The summed E-state index contributed by atoms with van der Waals surface area (Å²) in [5.74, 6) is 0.754. The fourth-order valence-electron chi connectivity index (χ4n) is 2.60. The van der Waals surface area contributed by atoms with Gasteiger partial charge in [0.1, 0.15) is 0 Å². The monoisotopic (exact) mass is 233 g/mol. The van der Waals surface area contributed by atoms with Crippen molar-refractivity contribution in [3.8, 4) is 0 Å². The van der Waals surface area contributed by atoms with Crippen molar-refractivity contribution in [3.05, 3.63) is 34.9 Å². The molecule has 1 N–H and O–H groups in total. The van der Waals surface area contributed by atoms with Crippen LogP contribution in [0.15, 0.2) is 18.2 Å². The molecule has 0 aliphatic rings. The van der Waals surface area contributed by atoms with Crippen LogP contribution in [0.4, 0.5) is 0 Å². The SMILES string of the molecule is Cc1ccc(C(C)NC(C)CC(C)C)c(C)c1. The lowest BCUT2D eigenvalue weighted by Crippen LogP contribution is -2.30. The van der Waals surface area contributed by atoms with E-state index >= 15 is 0 Å². The van der Waals surface area contributed by atoms with E-state index in [9.17, 15) is 0 Å². The van der Waals surface area contributed by atoms with Crippen LogP contribution in [0.3, 0.4) is 0 Å². The maximum atomic E-state index is 3.69. The number of hydrogen-bond acceptors (Lipinski definition) is 1. The van der Waals surface area contributed by atoms with Crippen LogP contribution in [0, 0.1) is 19.8 Å². The van der Waals surface area contributed by atoms with Crippen molar-refractivity contribution < 1.29 is 0 Å². The molecule has 0 amide bonds. The Bertz CT molecular complexity index is 355. The van der Waals surface area contributed by atoms with Gasteiger partial charge in [0, 0.05) is 12.1 Å². The van der Waals surface area contributed by atoms with Crippen LogP contribution in [0.25, 0.3) is 0 Å². The third-order valence-corrected chi connectivity index (χ3v) is 3.25. The van der Waals surface area contributed by atoms with Gasteiger partial charge in [-0.2, -0.15) is 0 Å². The van der Waals surface area contributed by atoms with Gasteiger partial charge in [0.05, 0.1) is 0 Å². The van der Waals surface area contributed by atoms with E-state index in [4.69, 9.17) is 0 Å². The van der Waals surface area contributed by atoms with Crippen LogP contribution in [0.1, 0.15) is 56.8 Å². The second-order valence-corrected chi connectivity index (χ2v) is 5.78. The zero-order valence-electron chi connectivity index (χ0n) is 12.2. The lowest BCUT2D eigenvalue weighted by Gasteiger charge is -2.23. The largest absolute Gasteiger partial charge is 0.308 e. The molecule has 0 heterocycles. The molecule has 96 valence electrons. The van der Waals surface area contributed by atoms with E-state index in [2.05, 4.69) is 65.1 Å². The van der Waals surface area contributed by atoms with Gasteiger partial charge in [0.2, 0.25) is 0 Å². The molecule has 1 nitrogen and oxygen atoms in total. The molecule has 0 saturated heterocycles. The number of aryl methyl sites for hydroxylation is 2. The van der Waals surface area contributed by atoms with Gasteiger partial charge in [-0.05, 0) is 51.2 Å². The molecular formula is C16H27N. The first-order valence-electron chi connectivity index (χ1n) is 6.73. The number of nitrogens with one attached hydrogen (secondary N) is 1. The second kappa shape index (κ2) is 6.20. The number of rotatable bonds is 5. The molecule has 0 saturated carbocycles. The predicted octanol–water partition coefficient (Wildman–Crippen LogP) is 4.39. The van der Waals surface area contributed by atoms with Gasteiger partial charge < -0.3 is 5.32 Å². The molecule has 0 aliphatic carbocycles. The molecule has 1 rings (SSSR count). The van der Waals surface area contributed by atoms with E-state index in [1.165, 1.54) is 23.1 Å². The summed E-state index contributed by atoms with van der Waals surface area (Å²) >= 11 is 0. The summed E-state index contributed by atoms with van der Waals surface area (Å²) in [5, 5.41) is 3.69. The van der Waals surface area contributed by atoms with Crippen molar-refractivity contribution in [2.75, 3.05) is 0 Å². The van der Waals surface area contributed by atoms with Crippen molar-refractivity contribution >= 4 is 0 Å². The van der Waals surface area contributed by atoms with Crippen LogP contribution < -0.4 is 5.32 Å². The molecule has 0 radical (unpaired) electrons. The molecule has 0 bridgehead atoms. The van der Waals surface area contributed by atoms with Gasteiger partial charge >= 0.3 is 0 Å². The van der Waals surface area contributed by atoms with E-state index in [0.717, 1.165) is 5.92 Å². The molecule has 1 heteroatoms. The Morgan fingerprint density at radius 1 is 1.06 bits per heavy atom. The van der Waals surface area contributed by atoms with Crippen molar-refractivity contribution in [1.29, 1.82) is 0 Å². The highest BCUT2D eigenvalue weighted by atomic mass is 14.9. The fourth-order valence-corrected chi connectivity index (χ4v) is 2.60. The number of benzene rings is 1. The molecule has 0 spiro atoms. The van der Waals surface area contributed by atoms with Gasteiger partial charge in [0.25, 0.3) is 0 Å². The Kier molecular flexibility index (Phi) is 5.20. The molecule has 17 heavy (non-hydrogen) atoms. The molecule has 0 aromatic heterocycles. The molecule has 2 atom stereocenters. The first-order chi connectivity index (χ1) is 7.90. The zero-order chi connectivity index (χ0) is 13.0. The Morgan fingerprint density at radius 3 is 2.24 bits per heavy atom. The Hall–Kier alpha value is -0.820. The predicted molar refractivity (Wildman–Crippen MR) is 76.4 cm³/mol. The highest BCUT2D eigenvalue weighted by Crippen LogP contribution is 2.20. The van der Waals surface area contributed by atoms with Crippen LogP contribution in [0.5, 0.6) is 0 Å². The third kappa shape index (κ3) is 4.51. The Morgan fingerprint density at radius 2 is 1.71 bits per heavy atom. The summed E-state index contributed by atoms with van der Waals surface area (Å²) in [7, 11) is 0. The summed E-state index contributed by atoms with van der Waals surface area (Å²) in [4.78, 5) is 0. The van der Waals surface area contributed by atoms with E-state index in [-0.39, 0.29) is 0 Å². The average molecular weight is 233 g/mol. The lowest BCUT2D eigenvalue weighted by molar-refractivity contribution is 0.406. The van der Waals surface area contributed by atoms with Gasteiger partial charge in [-0.25, -0.2) is 0 Å². The Balaban J connectivity index is 2.66. The van der Waals surface area contributed by atoms with E-state index < -0.39 is 0 Å². The topological polar surface area (TPSA) is 12.0 Å². The van der Waals surface area contributed by atoms with Crippen LogP contribution >= 0.6 is 0 Å². The van der Waals surface area contributed by atoms with E-state index in [1.54, 1.807) is 0 Å². The zero-order valence-corrected chi connectivity index (χ0v) is 12.2. The number of hydrogen-bond donors (Lipinski definition) is 1. The average Bonchev–Trinajstić information content (AvgIpc) is 2.15. The van der Waals surface area contributed by atoms with Gasteiger partial charge in [-0.15, -0.1) is 0 Å². The van der Waals surface area contributed by atoms with Crippen LogP contribution in [-0.4, -0.2) is 6.04 Å². The van der Waals surface area contributed by atoms with E-state index in [0.29, 0.717) is 12.1 Å². The van der Waals surface area contributed by atoms with Crippen molar-refractivity contribution in [2.45, 2.75) is 60.0 Å². The first-order valence-corrected chi connectivity index (χ1v) is 6.73. The Labute approximate surface area is 107 Å². The minimum atomic E-state index is 0.435. The molecule has 1 aromatic rings. The van der Waals surface area contributed by atoms with Crippen LogP contribution in [-0.2, 0) is 0 Å². The minimum Gasteiger partial charge on any atom is -0.308 e. The third-order valence-electron chi connectivity index (χ3n) is 3.25. The molecule has 0 aliphatic heterocycles. The standard InChI is InChI=1S/C16H27N/c1-11(2)9-14(5)17-15(6)16-8-7-12(3)10-13(16)4/h7-8,10-11,14-15,17H,9H2,1-6H3. The molecule has 0 fully saturated rings. The van der Waals surface area contributed by atoms with E-state index in [1.807, 2.05) is 0 Å². The highest BCUT2D eigenvalue weighted by Gasteiger charge is 2.12. The quantitative estimate of drug-likeness (QED) is 0.795. The summed E-state index contributed by atoms with van der Waals surface area (Å²) in [6.45, 7) is 13.4. The maximum Gasteiger partial charge on any atom is 0.0296 e. The van der Waals surface area contributed by atoms with Gasteiger partial charge in [0.15, 0.2) is 0 Å². The highest BCUT2D eigenvalue weighted by molar-refractivity contribution is 5.32. The molecule has 2 unspecified atom stereocenters. The lowest BCUT2D eigenvalue weighted by atomic mass is 9.98. The molecule has 1 aromatic carbocycles. The second-order valence-electron chi connectivity index (χ2n) is 5.78. The van der Waals surface area contributed by atoms with Crippen molar-refractivity contribution in [3.63, 3.8) is 0 Å². The first kappa shape index (κ1) is 14.2. The summed E-state index contributed by atoms with van der Waals surface area (Å²) in [6, 6.07) is 7.73. The smallest absolute Gasteiger partial charge is 0.0296 e. The summed E-state index contributed by atoms with van der Waals surface area (Å²) in [5.41, 5.74) is 4.15. The fraction of sp³-hybridized carbons (Fsp3) is 0.625. The summed E-state index contributed by atoms with van der Waals surface area (Å²) < 4.78 is 0. The van der Waals surface area contributed by atoms with Gasteiger partial charge in [-0.3, -0.25) is 0 Å². The van der Waals surface area contributed by atoms with Gasteiger partial charge in [-0.1, -0.05) is 37.6 Å².